The second-order valence-electron chi connectivity index (χ2n) is 6.08. The summed E-state index contributed by atoms with van der Waals surface area (Å²) >= 11 is 3.18. The number of aryl methyl sites for hydroxylation is 1. The molecular weight excluding hydrogens is 414 g/mol. The predicted octanol–water partition coefficient (Wildman–Crippen LogP) is 3.89. The van der Waals surface area contributed by atoms with Gasteiger partial charge in [-0.15, -0.1) is 0 Å². The molecule has 2 heterocycles. The summed E-state index contributed by atoms with van der Waals surface area (Å²) in [5.41, 5.74) is 1.55. The molecule has 0 saturated carbocycles. The molecule has 0 aliphatic carbocycles. The average Bonchev–Trinajstić information content (AvgIpc) is 3.28. The van der Waals surface area contributed by atoms with Gasteiger partial charge in [0, 0.05) is 20.2 Å². The van der Waals surface area contributed by atoms with Crippen molar-refractivity contribution in [1.82, 2.24) is 10.1 Å². The fourth-order valence-corrected chi connectivity index (χ4v) is 2.97. The van der Waals surface area contributed by atoms with Crippen molar-refractivity contribution in [2.45, 2.75) is 13.5 Å². The molecule has 3 aromatic rings. The van der Waals surface area contributed by atoms with Gasteiger partial charge < -0.3 is 18.7 Å². The molecule has 0 aliphatic heterocycles. The summed E-state index contributed by atoms with van der Waals surface area (Å²) in [4.78, 5) is 28.5. The summed E-state index contributed by atoms with van der Waals surface area (Å²) in [7, 11) is 3.28. The quantitative estimate of drug-likeness (QED) is 0.611. The highest BCUT2D eigenvalue weighted by Gasteiger charge is 2.23. The molecule has 0 saturated heterocycles. The highest BCUT2D eigenvalue weighted by Crippen LogP contribution is 2.24. The molecule has 0 unspecified atom stereocenters. The van der Waals surface area contributed by atoms with Crippen LogP contribution in [0.3, 0.4) is 0 Å². The number of amides is 2. The first-order chi connectivity index (χ1) is 12.9. The number of rotatable bonds is 5. The minimum atomic E-state index is -0.351. The molecule has 140 valence electrons. The van der Waals surface area contributed by atoms with Crippen LogP contribution in [0.4, 0.5) is 5.69 Å². The summed E-state index contributed by atoms with van der Waals surface area (Å²) in [6.45, 7) is 2.09. The van der Waals surface area contributed by atoms with Crippen molar-refractivity contribution >= 4 is 33.4 Å². The monoisotopic (exact) mass is 431 g/mol. The lowest BCUT2D eigenvalue weighted by Crippen LogP contribution is -2.31. The summed E-state index contributed by atoms with van der Waals surface area (Å²) in [5, 5.41) is 3.91. The molecule has 8 heteroatoms. The number of carbonyl (C=O) groups excluding carboxylic acids is 2. The molecule has 0 fully saturated rings. The van der Waals surface area contributed by atoms with Crippen molar-refractivity contribution in [3.8, 4) is 0 Å². The van der Waals surface area contributed by atoms with E-state index in [0.717, 1.165) is 0 Å². The number of furan rings is 1. The van der Waals surface area contributed by atoms with Gasteiger partial charge in [-0.1, -0.05) is 17.3 Å². The Hall–Kier alpha value is -2.87. The van der Waals surface area contributed by atoms with E-state index in [1.165, 1.54) is 9.80 Å². The van der Waals surface area contributed by atoms with E-state index >= 15 is 0 Å². The molecule has 0 spiro atoms. The van der Waals surface area contributed by atoms with Gasteiger partial charge in [0.05, 0.1) is 17.8 Å². The van der Waals surface area contributed by atoms with Crippen LogP contribution >= 0.6 is 15.9 Å². The van der Waals surface area contributed by atoms with Crippen molar-refractivity contribution in [2.75, 3.05) is 19.0 Å². The van der Waals surface area contributed by atoms with Gasteiger partial charge in [0.2, 0.25) is 0 Å². The van der Waals surface area contributed by atoms with Gasteiger partial charge in [0.25, 0.3) is 11.8 Å². The van der Waals surface area contributed by atoms with Crippen LogP contribution < -0.4 is 4.90 Å². The van der Waals surface area contributed by atoms with Crippen LogP contribution in [0.1, 0.15) is 32.4 Å². The number of benzene rings is 1. The van der Waals surface area contributed by atoms with Crippen molar-refractivity contribution in [2.24, 2.45) is 0 Å². The zero-order valence-corrected chi connectivity index (χ0v) is 16.7. The third-order valence-corrected chi connectivity index (χ3v) is 4.43. The van der Waals surface area contributed by atoms with E-state index in [1.807, 2.05) is 0 Å². The molecule has 2 amide bonds. The van der Waals surface area contributed by atoms with Crippen molar-refractivity contribution < 1.29 is 18.5 Å². The molecule has 3 rings (SSSR count). The summed E-state index contributed by atoms with van der Waals surface area (Å²) < 4.78 is 10.8. The van der Waals surface area contributed by atoms with Gasteiger partial charge in [-0.2, -0.15) is 0 Å². The zero-order valence-electron chi connectivity index (χ0n) is 15.1. The van der Waals surface area contributed by atoms with Crippen LogP contribution in [0.25, 0.3) is 0 Å². The molecule has 1 aromatic carbocycles. The lowest BCUT2D eigenvalue weighted by Gasteiger charge is -2.22. The smallest absolute Gasteiger partial charge is 0.293 e. The van der Waals surface area contributed by atoms with E-state index in [1.54, 1.807) is 63.5 Å². The fourth-order valence-electron chi connectivity index (χ4n) is 2.66. The van der Waals surface area contributed by atoms with E-state index in [9.17, 15) is 9.59 Å². The van der Waals surface area contributed by atoms with E-state index in [-0.39, 0.29) is 17.6 Å². The van der Waals surface area contributed by atoms with Crippen molar-refractivity contribution in [3.63, 3.8) is 0 Å². The maximum Gasteiger partial charge on any atom is 0.293 e. The van der Waals surface area contributed by atoms with E-state index in [0.29, 0.717) is 33.9 Å². The van der Waals surface area contributed by atoms with E-state index in [2.05, 4.69) is 21.1 Å². The maximum absolute atomic E-state index is 12.9. The minimum Gasteiger partial charge on any atom is -0.444 e. The van der Waals surface area contributed by atoms with Crippen LogP contribution in [0, 0.1) is 6.92 Å². The van der Waals surface area contributed by atoms with Gasteiger partial charge in [-0.25, -0.2) is 0 Å². The predicted molar refractivity (Wildman–Crippen MR) is 103 cm³/mol. The van der Waals surface area contributed by atoms with Crippen LogP contribution in [0.2, 0.25) is 0 Å². The first-order valence-corrected chi connectivity index (χ1v) is 8.96. The number of hydrogen-bond acceptors (Lipinski definition) is 5. The summed E-state index contributed by atoms with van der Waals surface area (Å²) in [6, 6.07) is 11.9. The standard InChI is InChI=1S/C19H18BrN3O4/c1-12-10-13(21-27-12)11-22(2)18(24)14-6-4-5-7-15(14)23(3)19(25)16-8-9-17(20)26-16/h4-10H,11H2,1-3H3. The lowest BCUT2D eigenvalue weighted by molar-refractivity contribution is 0.0783. The average molecular weight is 432 g/mol. The second kappa shape index (κ2) is 7.79. The Kier molecular flexibility index (Phi) is 5.46. The number of para-hydroxylation sites is 1. The molecule has 0 atom stereocenters. The largest absolute Gasteiger partial charge is 0.444 e. The fraction of sp³-hybridized carbons (Fsp3) is 0.211. The van der Waals surface area contributed by atoms with Gasteiger partial charge in [-0.05, 0) is 47.1 Å². The first-order valence-electron chi connectivity index (χ1n) is 8.17. The minimum absolute atomic E-state index is 0.179. The Morgan fingerprint density at radius 3 is 2.48 bits per heavy atom. The van der Waals surface area contributed by atoms with Crippen LogP contribution in [-0.4, -0.2) is 36.0 Å². The van der Waals surface area contributed by atoms with Crippen LogP contribution in [0.5, 0.6) is 0 Å². The van der Waals surface area contributed by atoms with Crippen molar-refractivity contribution in [1.29, 1.82) is 0 Å². The molecule has 0 N–H and O–H groups in total. The number of anilines is 1. The van der Waals surface area contributed by atoms with Gasteiger partial charge in [0.1, 0.15) is 11.5 Å². The maximum atomic E-state index is 12.9. The number of aromatic nitrogens is 1. The van der Waals surface area contributed by atoms with Crippen LogP contribution in [0.15, 0.2) is 56.1 Å². The zero-order chi connectivity index (χ0) is 19.6. The number of carbonyl (C=O) groups is 2. The second-order valence-corrected chi connectivity index (χ2v) is 6.86. The molecule has 7 nitrogen and oxygen atoms in total. The van der Waals surface area contributed by atoms with Crippen LogP contribution in [-0.2, 0) is 6.54 Å². The molecule has 0 bridgehead atoms. The molecule has 0 aliphatic rings. The summed E-state index contributed by atoms with van der Waals surface area (Å²) in [6.07, 6.45) is 0. The van der Waals surface area contributed by atoms with Gasteiger partial charge in [0.15, 0.2) is 10.4 Å². The highest BCUT2D eigenvalue weighted by atomic mass is 79.9. The SMILES string of the molecule is Cc1cc(CN(C)C(=O)c2ccccc2N(C)C(=O)c2ccc(Br)o2)no1. The summed E-state index contributed by atoms with van der Waals surface area (Å²) in [5.74, 6) is 0.279. The van der Waals surface area contributed by atoms with E-state index < -0.39 is 0 Å². The molecular formula is C19H18BrN3O4. The Balaban J connectivity index is 1.84. The van der Waals surface area contributed by atoms with E-state index in [4.69, 9.17) is 8.94 Å². The van der Waals surface area contributed by atoms with Crippen molar-refractivity contribution in [3.05, 3.63) is 69.9 Å². The Labute approximate surface area is 164 Å². The number of hydrogen-bond donors (Lipinski definition) is 0. The number of nitrogens with zero attached hydrogens (tertiary/aromatic N) is 3. The highest BCUT2D eigenvalue weighted by molar-refractivity contribution is 9.10. The Morgan fingerprint density at radius 1 is 1.11 bits per heavy atom. The normalized spacial score (nSPS) is 10.7. The lowest BCUT2D eigenvalue weighted by atomic mass is 10.1. The Morgan fingerprint density at radius 2 is 1.85 bits per heavy atom. The molecule has 0 radical (unpaired) electrons. The molecule has 2 aromatic heterocycles. The van der Waals surface area contributed by atoms with Gasteiger partial charge >= 0.3 is 0 Å². The third kappa shape index (κ3) is 4.11. The Bertz CT molecular complexity index is 979. The first kappa shape index (κ1) is 18.9. The van der Waals surface area contributed by atoms with Gasteiger partial charge in [-0.3, -0.25) is 9.59 Å². The number of halogens is 1. The topological polar surface area (TPSA) is 79.8 Å². The molecule has 27 heavy (non-hydrogen) atoms. The third-order valence-electron chi connectivity index (χ3n) is 4.01.